The smallest absolute Gasteiger partial charge is 0.164 e. The molecule has 9 heteroatoms. The van der Waals surface area contributed by atoms with Gasteiger partial charge in [0.2, 0.25) is 0 Å². The molecule has 0 radical (unpaired) electrons. The maximum Gasteiger partial charge on any atom is 0.164 e. The number of hydrogen-bond donors (Lipinski definition) is 0. The van der Waals surface area contributed by atoms with Crippen LogP contribution >= 0.6 is 0 Å². The molecule has 9 nitrogen and oxygen atoms in total. The average molecular weight is 616 g/mol. The molecule has 0 aliphatic rings. The SMILES string of the molecule is N#Cc1ncccc1-c1ccc(-c2nc(-c3ccc(-c4cccnc4C#N)cc3)nc(-c3ccc(-c4cccnc4C#N)cc3)n2)cc1. The lowest BCUT2D eigenvalue weighted by Gasteiger charge is -2.11. The molecule has 0 saturated heterocycles. The van der Waals surface area contributed by atoms with Crippen molar-refractivity contribution in [1.82, 2.24) is 29.9 Å². The van der Waals surface area contributed by atoms with Crippen LogP contribution in [0.1, 0.15) is 17.1 Å². The van der Waals surface area contributed by atoms with E-state index in [-0.39, 0.29) is 0 Å². The highest BCUT2D eigenvalue weighted by Crippen LogP contribution is 2.31. The van der Waals surface area contributed by atoms with E-state index in [2.05, 4.69) is 33.2 Å². The van der Waals surface area contributed by atoms with E-state index in [9.17, 15) is 15.8 Å². The highest BCUT2D eigenvalue weighted by molar-refractivity contribution is 5.76. The molecule has 0 fully saturated rings. The zero-order valence-electron chi connectivity index (χ0n) is 25.1. The predicted octanol–water partition coefficient (Wildman–Crippen LogP) is 7.67. The summed E-state index contributed by atoms with van der Waals surface area (Å²) in [4.78, 5) is 27.1. The Morgan fingerprint density at radius 3 is 0.833 bits per heavy atom. The predicted molar refractivity (Wildman–Crippen MR) is 180 cm³/mol. The van der Waals surface area contributed by atoms with Crippen molar-refractivity contribution in [3.63, 3.8) is 0 Å². The summed E-state index contributed by atoms with van der Waals surface area (Å²) in [6.45, 7) is 0. The Morgan fingerprint density at radius 2 is 0.583 bits per heavy atom. The first-order valence-corrected chi connectivity index (χ1v) is 14.8. The Balaban J connectivity index is 1.30. The number of aromatic nitrogens is 6. The summed E-state index contributed by atoms with van der Waals surface area (Å²) in [7, 11) is 0. The molecule has 4 heterocycles. The van der Waals surface area contributed by atoms with E-state index in [0.29, 0.717) is 34.6 Å². The van der Waals surface area contributed by atoms with Gasteiger partial charge in [0.05, 0.1) is 0 Å². The second-order valence-corrected chi connectivity index (χ2v) is 10.6. The van der Waals surface area contributed by atoms with Crippen molar-refractivity contribution in [2.24, 2.45) is 0 Å². The van der Waals surface area contributed by atoms with Crippen LogP contribution in [0, 0.1) is 34.0 Å². The van der Waals surface area contributed by atoms with Crippen molar-refractivity contribution in [3.8, 4) is 85.8 Å². The Kier molecular flexibility index (Phi) is 7.88. The minimum absolute atomic E-state index is 0.350. The first-order valence-electron chi connectivity index (χ1n) is 14.8. The molecule has 3 aromatic carbocycles. The summed E-state index contributed by atoms with van der Waals surface area (Å²) in [5.41, 5.74) is 8.12. The molecule has 0 aliphatic carbocycles. The third-order valence-corrected chi connectivity index (χ3v) is 7.74. The number of nitriles is 3. The molecule has 0 spiro atoms. The van der Waals surface area contributed by atoms with Gasteiger partial charge in [0.25, 0.3) is 0 Å². The number of benzene rings is 3. The van der Waals surface area contributed by atoms with E-state index in [1.54, 1.807) is 36.8 Å². The Bertz CT molecular complexity index is 2130. The molecule has 0 unspecified atom stereocenters. The van der Waals surface area contributed by atoms with Crippen molar-refractivity contribution in [2.45, 2.75) is 0 Å². The monoisotopic (exact) mass is 615 g/mol. The molecule has 0 N–H and O–H groups in total. The molecule has 0 aliphatic heterocycles. The van der Waals surface area contributed by atoms with Gasteiger partial charge in [-0.25, -0.2) is 29.9 Å². The van der Waals surface area contributed by atoms with E-state index >= 15 is 0 Å². The zero-order valence-corrected chi connectivity index (χ0v) is 25.1. The van der Waals surface area contributed by atoms with Crippen LogP contribution in [0.3, 0.4) is 0 Å². The quantitative estimate of drug-likeness (QED) is 0.184. The summed E-state index contributed by atoms with van der Waals surface area (Å²) in [5, 5.41) is 28.6. The fourth-order valence-corrected chi connectivity index (χ4v) is 5.34. The lowest BCUT2D eigenvalue weighted by atomic mass is 10.0. The van der Waals surface area contributed by atoms with Crippen LogP contribution in [0.2, 0.25) is 0 Å². The molecule has 7 rings (SSSR count). The summed E-state index contributed by atoms with van der Waals surface area (Å²) >= 11 is 0. The molecule has 222 valence electrons. The number of hydrogen-bond acceptors (Lipinski definition) is 9. The van der Waals surface area contributed by atoms with Gasteiger partial charge in [-0.05, 0) is 53.1 Å². The van der Waals surface area contributed by atoms with E-state index in [1.807, 2.05) is 91.0 Å². The van der Waals surface area contributed by atoms with Gasteiger partial charge in [0.1, 0.15) is 35.3 Å². The molecule has 0 saturated carbocycles. The zero-order chi connectivity index (χ0) is 32.9. The van der Waals surface area contributed by atoms with E-state index < -0.39 is 0 Å². The first kappa shape index (κ1) is 29.3. The highest BCUT2D eigenvalue weighted by Gasteiger charge is 2.15. The lowest BCUT2D eigenvalue weighted by molar-refractivity contribution is 1.07. The van der Waals surface area contributed by atoms with Crippen LogP contribution in [-0.2, 0) is 0 Å². The summed E-state index contributed by atoms with van der Waals surface area (Å²) < 4.78 is 0. The van der Waals surface area contributed by atoms with Gasteiger partial charge in [-0.15, -0.1) is 0 Å². The Labute approximate surface area is 275 Å². The highest BCUT2D eigenvalue weighted by atomic mass is 15.0. The summed E-state index contributed by atoms with van der Waals surface area (Å²) in [6.07, 6.45) is 4.80. The van der Waals surface area contributed by atoms with Crippen molar-refractivity contribution in [2.75, 3.05) is 0 Å². The van der Waals surface area contributed by atoms with Crippen LogP contribution in [0.15, 0.2) is 128 Å². The van der Waals surface area contributed by atoms with Crippen LogP contribution < -0.4 is 0 Å². The van der Waals surface area contributed by atoms with E-state index in [1.165, 1.54) is 0 Å². The van der Waals surface area contributed by atoms with Gasteiger partial charge in [-0.3, -0.25) is 0 Å². The standard InChI is InChI=1S/C39H21N9/c40-22-34-31(4-1-19-43-34)25-7-13-28(14-8-25)37-46-38(29-15-9-26(10-16-29)32-5-2-20-44-35(32)23-41)48-39(47-37)30-17-11-27(12-18-30)33-6-3-21-45-36(33)24-42/h1-21H. The van der Waals surface area contributed by atoms with Gasteiger partial charge in [-0.1, -0.05) is 72.8 Å². The minimum Gasteiger partial charge on any atom is -0.245 e. The molecular weight excluding hydrogens is 594 g/mol. The normalized spacial score (nSPS) is 10.4. The molecule has 4 aromatic heterocycles. The van der Waals surface area contributed by atoms with Crippen LogP contribution in [0.4, 0.5) is 0 Å². The van der Waals surface area contributed by atoms with Crippen LogP contribution in [0.5, 0.6) is 0 Å². The maximum absolute atomic E-state index is 9.53. The molecule has 0 atom stereocenters. The fraction of sp³-hybridized carbons (Fsp3) is 0. The second-order valence-electron chi connectivity index (χ2n) is 10.6. The number of nitrogens with zero attached hydrogens (tertiary/aromatic N) is 9. The van der Waals surface area contributed by atoms with Crippen LogP contribution in [-0.4, -0.2) is 29.9 Å². The minimum atomic E-state index is 0.350. The average Bonchev–Trinajstić information content (AvgIpc) is 3.18. The number of pyridine rings is 3. The molecule has 0 bridgehead atoms. The van der Waals surface area contributed by atoms with Gasteiger partial charge in [0.15, 0.2) is 17.5 Å². The van der Waals surface area contributed by atoms with E-state index in [4.69, 9.17) is 15.0 Å². The molecule has 7 aromatic rings. The largest absolute Gasteiger partial charge is 0.245 e. The third kappa shape index (κ3) is 5.73. The fourth-order valence-electron chi connectivity index (χ4n) is 5.34. The molecule has 0 amide bonds. The second kappa shape index (κ2) is 12.9. The van der Waals surface area contributed by atoms with Gasteiger partial charge >= 0.3 is 0 Å². The van der Waals surface area contributed by atoms with Crippen molar-refractivity contribution < 1.29 is 0 Å². The first-order chi connectivity index (χ1) is 23.6. The molecule has 48 heavy (non-hydrogen) atoms. The van der Waals surface area contributed by atoms with Gasteiger partial charge in [-0.2, -0.15) is 15.8 Å². The summed E-state index contributed by atoms with van der Waals surface area (Å²) in [6, 6.07) is 40.4. The Hall–Kier alpha value is -7.41. The topological polar surface area (TPSA) is 149 Å². The number of rotatable bonds is 6. The van der Waals surface area contributed by atoms with Crippen molar-refractivity contribution in [1.29, 1.82) is 15.8 Å². The van der Waals surface area contributed by atoms with Crippen molar-refractivity contribution >= 4 is 0 Å². The van der Waals surface area contributed by atoms with E-state index in [0.717, 1.165) is 50.1 Å². The van der Waals surface area contributed by atoms with Crippen molar-refractivity contribution in [3.05, 3.63) is 145 Å². The third-order valence-electron chi connectivity index (χ3n) is 7.74. The molecular formula is C39H21N9. The van der Waals surface area contributed by atoms with Crippen LogP contribution in [0.25, 0.3) is 67.5 Å². The van der Waals surface area contributed by atoms with Gasteiger partial charge in [0, 0.05) is 52.0 Å². The lowest BCUT2D eigenvalue weighted by Crippen LogP contribution is -2.00. The maximum atomic E-state index is 9.53. The van der Waals surface area contributed by atoms with Gasteiger partial charge < -0.3 is 0 Å². The Morgan fingerprint density at radius 1 is 0.333 bits per heavy atom. The summed E-state index contributed by atoms with van der Waals surface area (Å²) in [5.74, 6) is 1.42.